The van der Waals surface area contributed by atoms with Crippen LogP contribution in [0.4, 0.5) is 0 Å². The molecule has 0 fully saturated rings. The number of hydrogen-bond donors (Lipinski definition) is 1. The minimum atomic E-state index is -0.711. The fourth-order valence-electron chi connectivity index (χ4n) is 2.83. The average molecular weight is 332 g/mol. The molecule has 0 aliphatic carbocycles. The van der Waals surface area contributed by atoms with Crippen molar-refractivity contribution < 1.29 is 14.6 Å². The number of allylic oxidation sites excluding steroid dienone is 2. The lowest BCUT2D eigenvalue weighted by Gasteiger charge is -2.23. The van der Waals surface area contributed by atoms with Crippen LogP contribution in [-0.2, 0) is 9.53 Å². The lowest BCUT2D eigenvalue weighted by molar-refractivity contribution is -0.148. The number of ether oxygens (including phenoxy) is 1. The van der Waals surface area contributed by atoms with E-state index in [0.717, 1.165) is 24.8 Å². The van der Waals surface area contributed by atoms with Gasteiger partial charge in [0, 0.05) is 0 Å². The van der Waals surface area contributed by atoms with Crippen molar-refractivity contribution >= 4 is 5.97 Å². The number of esters is 1. The largest absolute Gasteiger partial charge is 0.465 e. The summed E-state index contributed by atoms with van der Waals surface area (Å²) in [5.41, 5.74) is 2.16. The molecule has 0 heterocycles. The first-order valence-corrected chi connectivity index (χ1v) is 8.98. The predicted molar refractivity (Wildman–Crippen MR) is 98.9 cm³/mol. The highest BCUT2D eigenvalue weighted by Gasteiger charge is 2.29. The summed E-state index contributed by atoms with van der Waals surface area (Å²) in [6.07, 6.45) is 5.22. The second kappa shape index (κ2) is 11.0. The monoisotopic (exact) mass is 332 g/mol. The van der Waals surface area contributed by atoms with Crippen molar-refractivity contribution in [2.24, 2.45) is 5.92 Å². The number of carbonyl (C=O) groups is 1. The number of aliphatic hydroxyl groups is 1. The molecule has 0 radical (unpaired) electrons. The van der Waals surface area contributed by atoms with Crippen molar-refractivity contribution in [2.75, 3.05) is 6.61 Å². The first-order valence-electron chi connectivity index (χ1n) is 8.98. The zero-order valence-corrected chi connectivity index (χ0v) is 15.5. The number of benzene rings is 1. The third kappa shape index (κ3) is 7.31. The SMILES string of the molecule is CCOC(=O)C(c1ccccc1)C(O)CCC(C)CCC=C(C)C. The molecule has 24 heavy (non-hydrogen) atoms. The maximum atomic E-state index is 12.3. The van der Waals surface area contributed by atoms with Gasteiger partial charge in [0.15, 0.2) is 0 Å². The molecule has 0 saturated heterocycles. The van der Waals surface area contributed by atoms with Crippen molar-refractivity contribution in [2.45, 2.75) is 65.4 Å². The zero-order chi connectivity index (χ0) is 17.9. The van der Waals surface area contributed by atoms with Gasteiger partial charge in [-0.3, -0.25) is 4.79 Å². The fourth-order valence-corrected chi connectivity index (χ4v) is 2.83. The third-order valence-electron chi connectivity index (χ3n) is 4.25. The summed E-state index contributed by atoms with van der Waals surface area (Å²) in [7, 11) is 0. The van der Waals surface area contributed by atoms with E-state index in [4.69, 9.17) is 4.74 Å². The van der Waals surface area contributed by atoms with Gasteiger partial charge in [0.1, 0.15) is 5.92 Å². The standard InChI is InChI=1S/C21H32O3/c1-5-24-21(23)20(18-12-7-6-8-13-18)19(22)15-14-17(4)11-9-10-16(2)3/h6-8,10,12-13,17,19-20,22H,5,9,11,14-15H2,1-4H3. The lowest BCUT2D eigenvalue weighted by atomic mass is 9.88. The molecular weight excluding hydrogens is 300 g/mol. The molecule has 134 valence electrons. The van der Waals surface area contributed by atoms with Crippen molar-refractivity contribution in [1.29, 1.82) is 0 Å². The first-order chi connectivity index (χ1) is 11.5. The van der Waals surface area contributed by atoms with Gasteiger partial charge in [-0.25, -0.2) is 0 Å². The van der Waals surface area contributed by atoms with Gasteiger partial charge in [0.2, 0.25) is 0 Å². The van der Waals surface area contributed by atoms with Gasteiger partial charge >= 0.3 is 5.97 Å². The Hall–Kier alpha value is -1.61. The summed E-state index contributed by atoms with van der Waals surface area (Å²) >= 11 is 0. The van der Waals surface area contributed by atoms with Gasteiger partial charge < -0.3 is 9.84 Å². The molecular formula is C21H32O3. The summed E-state index contributed by atoms with van der Waals surface area (Å²) in [6.45, 7) is 8.54. The van der Waals surface area contributed by atoms with Crippen LogP contribution in [0.1, 0.15) is 64.9 Å². The molecule has 0 aromatic heterocycles. The molecule has 0 saturated carbocycles. The molecule has 1 N–H and O–H groups in total. The molecule has 3 unspecified atom stereocenters. The van der Waals surface area contributed by atoms with E-state index in [9.17, 15) is 9.90 Å². The van der Waals surface area contributed by atoms with Crippen LogP contribution in [0.3, 0.4) is 0 Å². The fraction of sp³-hybridized carbons (Fsp3) is 0.571. The predicted octanol–water partition coefficient (Wildman–Crippen LogP) is 4.86. The topological polar surface area (TPSA) is 46.5 Å². The van der Waals surface area contributed by atoms with Crippen LogP contribution in [-0.4, -0.2) is 23.8 Å². The maximum absolute atomic E-state index is 12.3. The molecule has 1 rings (SSSR count). The molecule has 0 amide bonds. The summed E-state index contributed by atoms with van der Waals surface area (Å²) in [5, 5.41) is 10.6. The van der Waals surface area contributed by atoms with E-state index in [2.05, 4.69) is 26.8 Å². The Kier molecular flexibility index (Phi) is 9.39. The van der Waals surface area contributed by atoms with Crippen molar-refractivity contribution in [3.05, 3.63) is 47.5 Å². The van der Waals surface area contributed by atoms with E-state index in [-0.39, 0.29) is 5.97 Å². The first kappa shape index (κ1) is 20.4. The van der Waals surface area contributed by atoms with Gasteiger partial charge in [-0.1, -0.05) is 48.9 Å². The smallest absolute Gasteiger partial charge is 0.316 e. The van der Waals surface area contributed by atoms with Crippen LogP contribution < -0.4 is 0 Å². The highest BCUT2D eigenvalue weighted by atomic mass is 16.5. The molecule has 1 aromatic rings. The van der Waals surface area contributed by atoms with E-state index in [1.807, 2.05) is 30.3 Å². The van der Waals surface area contributed by atoms with Crippen LogP contribution in [0.25, 0.3) is 0 Å². The van der Waals surface area contributed by atoms with E-state index < -0.39 is 12.0 Å². The molecule has 3 heteroatoms. The van der Waals surface area contributed by atoms with Crippen LogP contribution in [0.2, 0.25) is 0 Å². The van der Waals surface area contributed by atoms with Gasteiger partial charge in [0.25, 0.3) is 0 Å². The third-order valence-corrected chi connectivity index (χ3v) is 4.25. The molecule has 0 spiro atoms. The Labute approximate surface area is 146 Å². The summed E-state index contributed by atoms with van der Waals surface area (Å²) < 4.78 is 5.17. The van der Waals surface area contributed by atoms with Crippen molar-refractivity contribution in [3.8, 4) is 0 Å². The highest BCUT2D eigenvalue weighted by molar-refractivity contribution is 5.78. The minimum absolute atomic E-state index is 0.327. The Bertz CT molecular complexity index is 503. The van der Waals surface area contributed by atoms with Gasteiger partial charge in [-0.15, -0.1) is 0 Å². The van der Waals surface area contributed by atoms with E-state index >= 15 is 0 Å². The molecule has 0 aliphatic rings. The normalized spacial score (nSPS) is 14.5. The summed E-state index contributed by atoms with van der Waals surface area (Å²) in [4.78, 5) is 12.3. The van der Waals surface area contributed by atoms with Crippen LogP contribution in [0, 0.1) is 5.92 Å². The highest BCUT2D eigenvalue weighted by Crippen LogP contribution is 2.26. The van der Waals surface area contributed by atoms with Gasteiger partial charge in [-0.2, -0.15) is 0 Å². The van der Waals surface area contributed by atoms with E-state index in [1.54, 1.807) is 6.92 Å². The second-order valence-electron chi connectivity index (χ2n) is 6.75. The molecule has 0 bridgehead atoms. The van der Waals surface area contributed by atoms with Crippen LogP contribution >= 0.6 is 0 Å². The van der Waals surface area contributed by atoms with E-state index in [0.29, 0.717) is 18.9 Å². The lowest BCUT2D eigenvalue weighted by Crippen LogP contribution is -2.28. The molecule has 0 aliphatic heterocycles. The van der Waals surface area contributed by atoms with Crippen molar-refractivity contribution in [3.63, 3.8) is 0 Å². The molecule has 3 nitrogen and oxygen atoms in total. The average Bonchev–Trinajstić information content (AvgIpc) is 2.54. The van der Waals surface area contributed by atoms with Crippen molar-refractivity contribution in [1.82, 2.24) is 0 Å². The Morgan fingerprint density at radius 3 is 2.42 bits per heavy atom. The van der Waals surface area contributed by atoms with E-state index in [1.165, 1.54) is 5.57 Å². The van der Waals surface area contributed by atoms with Crippen LogP contribution in [0.15, 0.2) is 42.0 Å². The minimum Gasteiger partial charge on any atom is -0.465 e. The maximum Gasteiger partial charge on any atom is 0.316 e. The number of carbonyl (C=O) groups excluding carboxylic acids is 1. The van der Waals surface area contributed by atoms with Gasteiger partial charge in [-0.05, 0) is 57.9 Å². The number of rotatable bonds is 10. The molecule has 3 atom stereocenters. The van der Waals surface area contributed by atoms with Crippen LogP contribution in [0.5, 0.6) is 0 Å². The Balaban J connectivity index is 2.63. The Morgan fingerprint density at radius 2 is 1.83 bits per heavy atom. The number of aliphatic hydroxyl groups excluding tert-OH is 1. The summed E-state index contributed by atoms with van der Waals surface area (Å²) in [6, 6.07) is 9.43. The summed E-state index contributed by atoms with van der Waals surface area (Å²) in [5.74, 6) is -0.418. The quantitative estimate of drug-likeness (QED) is 0.492. The number of hydrogen-bond acceptors (Lipinski definition) is 3. The van der Waals surface area contributed by atoms with Gasteiger partial charge in [0.05, 0.1) is 12.7 Å². The molecule has 1 aromatic carbocycles. The second-order valence-corrected chi connectivity index (χ2v) is 6.75. The Morgan fingerprint density at radius 1 is 1.17 bits per heavy atom. The zero-order valence-electron chi connectivity index (χ0n) is 15.5.